The molecule has 6 heteroatoms. The van der Waals surface area contributed by atoms with Crippen molar-refractivity contribution in [3.8, 4) is 0 Å². The second-order valence-corrected chi connectivity index (χ2v) is 7.25. The fourth-order valence-electron chi connectivity index (χ4n) is 2.87. The number of ketones is 2. The maximum absolute atomic E-state index is 12.6. The van der Waals surface area contributed by atoms with Crippen LogP contribution in [-0.2, 0) is 9.53 Å². The number of thioether (sulfide) groups is 1. The minimum absolute atomic E-state index is 0.102. The summed E-state index contributed by atoms with van der Waals surface area (Å²) in [5.74, 6) is -0.766. The van der Waals surface area contributed by atoms with E-state index in [1.54, 1.807) is 20.8 Å². The van der Waals surface area contributed by atoms with Gasteiger partial charge in [0, 0.05) is 16.2 Å². The first-order valence-corrected chi connectivity index (χ1v) is 9.33. The van der Waals surface area contributed by atoms with Crippen LogP contribution in [0.4, 0.5) is 0 Å². The first-order valence-electron chi connectivity index (χ1n) is 8.34. The van der Waals surface area contributed by atoms with Crippen LogP contribution in [0.3, 0.4) is 0 Å². The summed E-state index contributed by atoms with van der Waals surface area (Å²) in [5.41, 5.74) is 3.16. The minimum atomic E-state index is -0.920. The number of hydrogen-bond donors (Lipinski definition) is 1. The predicted octanol–water partition coefficient (Wildman–Crippen LogP) is 4.05. The van der Waals surface area contributed by atoms with Crippen molar-refractivity contribution in [2.45, 2.75) is 45.6 Å². The molecule has 0 aliphatic rings. The SMILES string of the molecule is CC(=O)c1c(C)[nH]c(C(=O)[C@@H](C)OC(=O)CSc2ccccc2C)c1C. The van der Waals surface area contributed by atoms with Gasteiger partial charge in [-0.3, -0.25) is 14.4 Å². The standard InChI is InChI=1S/C20H23NO4S/c1-11-8-6-7-9-16(11)26-10-17(23)25-15(5)20(24)19-12(2)18(14(4)22)13(3)21-19/h6-9,15,21H,10H2,1-5H3/t15-/m1/s1. The van der Waals surface area contributed by atoms with E-state index in [-0.39, 0.29) is 17.3 Å². The molecule has 0 aliphatic carbocycles. The quantitative estimate of drug-likeness (QED) is 0.450. The third-order valence-corrected chi connectivity index (χ3v) is 5.30. The highest BCUT2D eigenvalue weighted by molar-refractivity contribution is 8.00. The van der Waals surface area contributed by atoms with Crippen LogP contribution in [0.25, 0.3) is 0 Å². The number of aromatic amines is 1. The second-order valence-electron chi connectivity index (χ2n) is 6.23. The van der Waals surface area contributed by atoms with Crippen molar-refractivity contribution >= 4 is 29.3 Å². The molecule has 5 nitrogen and oxygen atoms in total. The molecule has 2 aromatic rings. The highest BCUT2D eigenvalue weighted by atomic mass is 32.2. The monoisotopic (exact) mass is 373 g/mol. The van der Waals surface area contributed by atoms with Gasteiger partial charge in [-0.25, -0.2) is 0 Å². The Balaban J connectivity index is 2.01. The van der Waals surface area contributed by atoms with Crippen molar-refractivity contribution in [2.24, 2.45) is 0 Å². The van der Waals surface area contributed by atoms with Crippen LogP contribution >= 0.6 is 11.8 Å². The Bertz CT molecular complexity index is 853. The Kier molecular flexibility index (Phi) is 6.42. The Morgan fingerprint density at radius 1 is 1.15 bits per heavy atom. The summed E-state index contributed by atoms with van der Waals surface area (Å²) in [6.07, 6.45) is -0.920. The van der Waals surface area contributed by atoms with Crippen molar-refractivity contribution in [1.29, 1.82) is 0 Å². The lowest BCUT2D eigenvalue weighted by Crippen LogP contribution is -2.26. The van der Waals surface area contributed by atoms with Crippen molar-refractivity contribution in [3.05, 3.63) is 52.3 Å². The van der Waals surface area contributed by atoms with E-state index in [0.29, 0.717) is 22.5 Å². The third-order valence-electron chi connectivity index (χ3n) is 4.15. The smallest absolute Gasteiger partial charge is 0.316 e. The number of aromatic nitrogens is 1. The molecule has 138 valence electrons. The molecule has 0 aliphatic heterocycles. The molecule has 1 N–H and O–H groups in total. The number of H-pyrrole nitrogens is 1. The molecule has 26 heavy (non-hydrogen) atoms. The molecule has 0 fully saturated rings. The zero-order valence-corrected chi connectivity index (χ0v) is 16.5. The minimum Gasteiger partial charge on any atom is -0.454 e. The Labute approximate surface area is 157 Å². The number of aryl methyl sites for hydroxylation is 2. The van der Waals surface area contributed by atoms with Crippen LogP contribution in [-0.4, -0.2) is 34.4 Å². The fraction of sp³-hybridized carbons (Fsp3) is 0.350. The molecule has 0 radical (unpaired) electrons. The van der Waals surface area contributed by atoms with E-state index in [1.807, 2.05) is 31.2 Å². The van der Waals surface area contributed by atoms with Crippen molar-refractivity contribution in [1.82, 2.24) is 4.98 Å². The van der Waals surface area contributed by atoms with Crippen LogP contribution in [0.2, 0.25) is 0 Å². The van der Waals surface area contributed by atoms with E-state index >= 15 is 0 Å². The number of esters is 1. The van der Waals surface area contributed by atoms with Crippen molar-refractivity contribution in [3.63, 3.8) is 0 Å². The Morgan fingerprint density at radius 2 is 1.81 bits per heavy atom. The van der Waals surface area contributed by atoms with Gasteiger partial charge in [-0.2, -0.15) is 0 Å². The highest BCUT2D eigenvalue weighted by Gasteiger charge is 2.25. The van der Waals surface area contributed by atoms with Crippen LogP contribution in [0.15, 0.2) is 29.2 Å². The van der Waals surface area contributed by atoms with Gasteiger partial charge in [-0.15, -0.1) is 11.8 Å². The molecule has 0 saturated carbocycles. The van der Waals surface area contributed by atoms with E-state index in [9.17, 15) is 14.4 Å². The maximum atomic E-state index is 12.6. The molecular formula is C20H23NO4S. The number of hydrogen-bond acceptors (Lipinski definition) is 5. The lowest BCUT2D eigenvalue weighted by Gasteiger charge is -2.12. The average molecular weight is 373 g/mol. The van der Waals surface area contributed by atoms with Crippen molar-refractivity contribution in [2.75, 3.05) is 5.75 Å². The first-order chi connectivity index (χ1) is 12.2. The van der Waals surface area contributed by atoms with E-state index < -0.39 is 12.1 Å². The van der Waals surface area contributed by atoms with Crippen LogP contribution in [0.5, 0.6) is 0 Å². The molecule has 2 rings (SSSR count). The largest absolute Gasteiger partial charge is 0.454 e. The van der Waals surface area contributed by atoms with Gasteiger partial charge in [0.05, 0.1) is 11.4 Å². The number of nitrogens with one attached hydrogen (secondary N) is 1. The molecule has 1 atom stereocenters. The molecule has 1 aromatic carbocycles. The van der Waals surface area contributed by atoms with Crippen LogP contribution in [0.1, 0.15) is 51.5 Å². The lowest BCUT2D eigenvalue weighted by molar-refractivity contribution is -0.143. The number of carbonyl (C=O) groups is 3. The predicted molar refractivity (Wildman–Crippen MR) is 102 cm³/mol. The molecule has 1 heterocycles. The second kappa shape index (κ2) is 8.36. The summed E-state index contributed by atoms with van der Waals surface area (Å²) >= 11 is 1.38. The number of Topliss-reactive ketones (excluding diaryl/α,β-unsaturated/α-hetero) is 2. The molecule has 0 spiro atoms. The molecule has 0 bridgehead atoms. The van der Waals surface area contributed by atoms with Gasteiger partial charge in [0.1, 0.15) is 0 Å². The van der Waals surface area contributed by atoms with E-state index in [1.165, 1.54) is 18.7 Å². The summed E-state index contributed by atoms with van der Waals surface area (Å²) in [6.45, 7) is 8.44. The van der Waals surface area contributed by atoms with Gasteiger partial charge >= 0.3 is 5.97 Å². The lowest BCUT2D eigenvalue weighted by atomic mass is 10.0. The maximum Gasteiger partial charge on any atom is 0.316 e. The summed E-state index contributed by atoms with van der Waals surface area (Å²) < 4.78 is 5.28. The van der Waals surface area contributed by atoms with Gasteiger partial charge in [-0.05, 0) is 51.8 Å². The van der Waals surface area contributed by atoms with Gasteiger partial charge in [-0.1, -0.05) is 18.2 Å². The van der Waals surface area contributed by atoms with Crippen LogP contribution in [0, 0.1) is 20.8 Å². The van der Waals surface area contributed by atoms with Gasteiger partial charge < -0.3 is 9.72 Å². The van der Waals surface area contributed by atoms with Crippen molar-refractivity contribution < 1.29 is 19.1 Å². The summed E-state index contributed by atoms with van der Waals surface area (Å²) in [5, 5.41) is 0. The van der Waals surface area contributed by atoms with E-state index in [2.05, 4.69) is 4.98 Å². The first kappa shape index (κ1) is 20.0. The van der Waals surface area contributed by atoms with E-state index in [0.717, 1.165) is 10.5 Å². The number of benzene rings is 1. The summed E-state index contributed by atoms with van der Waals surface area (Å²) in [4.78, 5) is 40.3. The fourth-order valence-corrected chi connectivity index (χ4v) is 3.68. The topological polar surface area (TPSA) is 76.2 Å². The highest BCUT2D eigenvalue weighted by Crippen LogP contribution is 2.23. The number of carbonyl (C=O) groups excluding carboxylic acids is 3. The zero-order valence-electron chi connectivity index (χ0n) is 15.6. The Hall–Kier alpha value is -2.34. The number of ether oxygens (including phenoxy) is 1. The molecule has 1 aromatic heterocycles. The summed E-state index contributed by atoms with van der Waals surface area (Å²) in [7, 11) is 0. The normalized spacial score (nSPS) is 11.9. The van der Waals surface area contributed by atoms with Crippen LogP contribution < -0.4 is 0 Å². The third kappa shape index (κ3) is 4.43. The molecule has 0 amide bonds. The van der Waals surface area contributed by atoms with Gasteiger partial charge in [0.15, 0.2) is 11.9 Å². The van der Waals surface area contributed by atoms with Gasteiger partial charge in [0.2, 0.25) is 5.78 Å². The summed E-state index contributed by atoms with van der Waals surface area (Å²) in [6, 6.07) is 7.77. The average Bonchev–Trinajstić information content (AvgIpc) is 2.87. The van der Waals surface area contributed by atoms with E-state index in [4.69, 9.17) is 4.74 Å². The molecule has 0 unspecified atom stereocenters. The molecular weight excluding hydrogens is 350 g/mol. The number of rotatable bonds is 7. The molecule has 0 saturated heterocycles. The zero-order chi connectivity index (χ0) is 19.4. The van der Waals surface area contributed by atoms with Gasteiger partial charge in [0.25, 0.3) is 0 Å². The Morgan fingerprint density at radius 3 is 2.38 bits per heavy atom.